The summed E-state index contributed by atoms with van der Waals surface area (Å²) < 4.78 is 11.5. The summed E-state index contributed by atoms with van der Waals surface area (Å²) in [6, 6.07) is 2.86. The number of likely N-dealkylation sites (tertiary alicyclic amines) is 1. The van der Waals surface area contributed by atoms with Crippen LogP contribution in [0.15, 0.2) is 0 Å². The Kier molecular flexibility index (Phi) is 3.44. The minimum atomic E-state index is -0.454. The normalized spacial score (nSPS) is 39.1. The van der Waals surface area contributed by atoms with E-state index in [1.165, 1.54) is 0 Å². The summed E-state index contributed by atoms with van der Waals surface area (Å²) in [5.74, 6) is -0.0507. The van der Waals surface area contributed by atoms with Crippen LogP contribution in [0.3, 0.4) is 0 Å². The van der Waals surface area contributed by atoms with Gasteiger partial charge in [0.15, 0.2) is 5.79 Å². The van der Waals surface area contributed by atoms with E-state index in [9.17, 15) is 0 Å². The highest BCUT2D eigenvalue weighted by molar-refractivity contribution is 5.01. The Morgan fingerprint density at radius 1 is 1.41 bits per heavy atom. The maximum absolute atomic E-state index is 9.04. The minimum Gasteiger partial charge on any atom is -0.348 e. The van der Waals surface area contributed by atoms with Gasteiger partial charge in [-0.3, -0.25) is 4.90 Å². The molecule has 0 radical (unpaired) electrons. The van der Waals surface area contributed by atoms with Gasteiger partial charge in [0.1, 0.15) is 0 Å². The molecule has 0 aromatic heterocycles. The first-order chi connectivity index (χ1) is 7.94. The third-order valence-corrected chi connectivity index (χ3v) is 4.12. The predicted molar refractivity (Wildman–Crippen MR) is 64.3 cm³/mol. The molecule has 0 saturated carbocycles. The fourth-order valence-corrected chi connectivity index (χ4v) is 2.98. The first-order valence-electron chi connectivity index (χ1n) is 6.38. The molecule has 96 valence electrons. The first kappa shape index (κ1) is 12.8. The molecule has 4 nitrogen and oxygen atoms in total. The van der Waals surface area contributed by atoms with E-state index < -0.39 is 5.79 Å². The molecular weight excluding hydrogens is 216 g/mol. The molecule has 0 spiro atoms. The lowest BCUT2D eigenvalue weighted by Crippen LogP contribution is -2.41. The Morgan fingerprint density at radius 2 is 2.12 bits per heavy atom. The summed E-state index contributed by atoms with van der Waals surface area (Å²) >= 11 is 0. The van der Waals surface area contributed by atoms with E-state index in [0.717, 1.165) is 12.8 Å². The lowest BCUT2D eigenvalue weighted by Gasteiger charge is -2.31. The molecule has 0 amide bonds. The van der Waals surface area contributed by atoms with Crippen molar-refractivity contribution in [2.24, 2.45) is 5.92 Å². The van der Waals surface area contributed by atoms with E-state index in [1.54, 1.807) is 0 Å². The molecule has 0 unspecified atom stereocenters. The van der Waals surface area contributed by atoms with Gasteiger partial charge < -0.3 is 9.47 Å². The summed E-state index contributed by atoms with van der Waals surface area (Å²) in [6.07, 6.45) is 2.20. The number of ether oxygens (including phenoxy) is 2. The van der Waals surface area contributed by atoms with Crippen molar-refractivity contribution in [3.63, 3.8) is 0 Å². The van der Waals surface area contributed by atoms with Crippen molar-refractivity contribution in [3.05, 3.63) is 0 Å². The van der Waals surface area contributed by atoms with Gasteiger partial charge in [0.25, 0.3) is 0 Å². The molecule has 0 N–H and O–H groups in total. The zero-order valence-corrected chi connectivity index (χ0v) is 11.1. The van der Waals surface area contributed by atoms with Gasteiger partial charge in [-0.15, -0.1) is 0 Å². The van der Waals surface area contributed by atoms with Gasteiger partial charge in [-0.1, -0.05) is 6.92 Å². The Morgan fingerprint density at radius 3 is 2.59 bits per heavy atom. The largest absolute Gasteiger partial charge is 0.348 e. The van der Waals surface area contributed by atoms with Crippen molar-refractivity contribution < 1.29 is 9.47 Å². The number of hydrogen-bond acceptors (Lipinski definition) is 4. The third-order valence-electron chi connectivity index (χ3n) is 4.12. The predicted octanol–water partition coefficient (Wildman–Crippen LogP) is 1.76. The zero-order valence-electron chi connectivity index (χ0n) is 11.1. The third kappa shape index (κ3) is 2.47. The standard InChI is InChI=1S/C13H22N2O2/c1-9(12-8-16-13(2,3)17-12)11-6-5-10(7-14)15(11)4/h9-12H,5-6,8H2,1-4H3/t9-,10+,11+,12+/m0/s1. The van der Waals surface area contributed by atoms with Crippen LogP contribution in [0.25, 0.3) is 0 Å². The quantitative estimate of drug-likeness (QED) is 0.735. The van der Waals surface area contributed by atoms with Crippen molar-refractivity contribution in [1.29, 1.82) is 5.26 Å². The van der Waals surface area contributed by atoms with E-state index in [4.69, 9.17) is 14.7 Å². The van der Waals surface area contributed by atoms with Crippen molar-refractivity contribution in [2.75, 3.05) is 13.7 Å². The maximum atomic E-state index is 9.04. The highest BCUT2D eigenvalue weighted by atomic mass is 16.7. The van der Waals surface area contributed by atoms with Crippen molar-refractivity contribution in [2.45, 2.75) is 57.6 Å². The second kappa shape index (κ2) is 4.56. The van der Waals surface area contributed by atoms with Crippen molar-refractivity contribution in [1.82, 2.24) is 4.90 Å². The van der Waals surface area contributed by atoms with Gasteiger partial charge >= 0.3 is 0 Å². The Bertz CT molecular complexity index is 324. The van der Waals surface area contributed by atoms with Gasteiger partial charge in [-0.25, -0.2) is 0 Å². The van der Waals surface area contributed by atoms with E-state index in [0.29, 0.717) is 18.6 Å². The summed E-state index contributed by atoms with van der Waals surface area (Å²) in [6.45, 7) is 6.78. The van der Waals surface area contributed by atoms with Crippen LogP contribution in [0.5, 0.6) is 0 Å². The molecule has 17 heavy (non-hydrogen) atoms. The first-order valence-corrected chi connectivity index (χ1v) is 6.38. The van der Waals surface area contributed by atoms with Crippen LogP contribution in [-0.4, -0.2) is 42.5 Å². The zero-order chi connectivity index (χ0) is 12.6. The highest BCUT2D eigenvalue weighted by Gasteiger charge is 2.42. The van der Waals surface area contributed by atoms with Gasteiger partial charge in [0.2, 0.25) is 0 Å². The van der Waals surface area contributed by atoms with E-state index in [-0.39, 0.29) is 12.1 Å². The molecule has 0 aromatic rings. The monoisotopic (exact) mass is 238 g/mol. The van der Waals surface area contributed by atoms with Crippen LogP contribution in [0.2, 0.25) is 0 Å². The van der Waals surface area contributed by atoms with Crippen LogP contribution in [0.1, 0.15) is 33.6 Å². The van der Waals surface area contributed by atoms with Crippen LogP contribution in [0.4, 0.5) is 0 Å². The SMILES string of the molecule is C[C@@H]([C@H]1CC[C@H](C#N)N1C)[C@H]1COC(C)(C)O1. The van der Waals surface area contributed by atoms with Crippen LogP contribution < -0.4 is 0 Å². The average Bonchev–Trinajstić information content (AvgIpc) is 2.80. The molecule has 2 heterocycles. The topological polar surface area (TPSA) is 45.5 Å². The molecule has 2 fully saturated rings. The maximum Gasteiger partial charge on any atom is 0.163 e. The molecule has 4 atom stereocenters. The summed E-state index contributed by atoms with van der Waals surface area (Å²) in [4.78, 5) is 2.19. The lowest BCUT2D eigenvalue weighted by atomic mass is 9.94. The van der Waals surface area contributed by atoms with Crippen molar-refractivity contribution in [3.8, 4) is 6.07 Å². The second-order valence-electron chi connectivity index (χ2n) is 5.68. The highest BCUT2D eigenvalue weighted by Crippen LogP contribution is 2.34. The molecule has 2 saturated heterocycles. The lowest BCUT2D eigenvalue weighted by molar-refractivity contribution is -0.146. The van der Waals surface area contributed by atoms with E-state index >= 15 is 0 Å². The fraction of sp³-hybridized carbons (Fsp3) is 0.923. The minimum absolute atomic E-state index is 0.0674. The summed E-state index contributed by atoms with van der Waals surface area (Å²) in [5, 5.41) is 9.04. The Balaban J connectivity index is 1.98. The number of nitrogens with zero attached hydrogens (tertiary/aromatic N) is 2. The number of rotatable bonds is 2. The van der Waals surface area contributed by atoms with Crippen molar-refractivity contribution >= 4 is 0 Å². The number of nitriles is 1. The summed E-state index contributed by atoms with van der Waals surface area (Å²) in [5.41, 5.74) is 0. The molecule has 0 bridgehead atoms. The Hall–Kier alpha value is -0.630. The second-order valence-corrected chi connectivity index (χ2v) is 5.68. The molecule has 4 heteroatoms. The molecule has 2 aliphatic rings. The van der Waals surface area contributed by atoms with Gasteiger partial charge in [-0.2, -0.15) is 5.26 Å². The van der Waals surface area contributed by atoms with E-state index in [1.807, 2.05) is 20.9 Å². The van der Waals surface area contributed by atoms with Crippen LogP contribution in [-0.2, 0) is 9.47 Å². The molecular formula is C13H22N2O2. The Labute approximate surface area is 103 Å². The summed E-state index contributed by atoms with van der Waals surface area (Å²) in [7, 11) is 2.04. The van der Waals surface area contributed by atoms with Crippen LogP contribution >= 0.6 is 0 Å². The smallest absolute Gasteiger partial charge is 0.163 e. The molecule has 0 aliphatic carbocycles. The van der Waals surface area contributed by atoms with Crippen LogP contribution in [0, 0.1) is 17.2 Å². The van der Waals surface area contributed by atoms with E-state index in [2.05, 4.69) is 17.9 Å². The molecule has 2 rings (SSSR count). The molecule has 0 aromatic carbocycles. The average molecular weight is 238 g/mol. The molecule has 2 aliphatic heterocycles. The van der Waals surface area contributed by atoms with Gasteiger partial charge in [0, 0.05) is 12.0 Å². The van der Waals surface area contributed by atoms with Gasteiger partial charge in [-0.05, 0) is 33.7 Å². The fourth-order valence-electron chi connectivity index (χ4n) is 2.98. The van der Waals surface area contributed by atoms with Gasteiger partial charge in [0.05, 0.1) is 24.8 Å². The number of hydrogen-bond donors (Lipinski definition) is 0.